The van der Waals surface area contributed by atoms with Crippen LogP contribution in [0.15, 0.2) is 6.20 Å². The van der Waals surface area contributed by atoms with Gasteiger partial charge in [0.25, 0.3) is 0 Å². The summed E-state index contributed by atoms with van der Waals surface area (Å²) in [5.74, 6) is 0. The average Bonchev–Trinajstić information content (AvgIpc) is 2.75. The zero-order valence-electron chi connectivity index (χ0n) is 12.1. The molecule has 3 nitrogen and oxygen atoms in total. The van der Waals surface area contributed by atoms with Crippen LogP contribution in [0.3, 0.4) is 0 Å². The number of nitrogens with zero attached hydrogens (tertiary/aromatic N) is 3. The van der Waals surface area contributed by atoms with Gasteiger partial charge in [-0.2, -0.15) is 0 Å². The first-order chi connectivity index (χ1) is 8.41. The summed E-state index contributed by atoms with van der Waals surface area (Å²) < 4.78 is 1.92. The normalized spacial score (nSPS) is 11.0. The molecule has 3 heteroatoms. The second kappa shape index (κ2) is 4.56. The number of hydrogen-bond donors (Lipinski definition) is 0. The van der Waals surface area contributed by atoms with Crippen LogP contribution in [0.25, 0.3) is 0 Å². The first-order valence-electron chi connectivity index (χ1n) is 6.34. The Hall–Kier alpha value is -1.64. The summed E-state index contributed by atoms with van der Waals surface area (Å²) in [4.78, 5) is 0. The van der Waals surface area contributed by atoms with Gasteiger partial charge >= 0.3 is 0 Å². The van der Waals surface area contributed by atoms with Crippen molar-refractivity contribution in [2.45, 2.75) is 48.1 Å². The third-order valence-corrected chi connectivity index (χ3v) is 4.13. The van der Waals surface area contributed by atoms with Gasteiger partial charge in [0, 0.05) is 6.20 Å². The number of benzene rings is 1. The van der Waals surface area contributed by atoms with Gasteiger partial charge in [-0.25, -0.2) is 4.68 Å². The Balaban J connectivity index is 2.51. The van der Waals surface area contributed by atoms with Crippen LogP contribution in [0.5, 0.6) is 0 Å². The van der Waals surface area contributed by atoms with E-state index in [9.17, 15) is 0 Å². The lowest BCUT2D eigenvalue weighted by molar-refractivity contribution is 0.644. The Morgan fingerprint density at radius 2 is 1.33 bits per heavy atom. The molecule has 0 bridgehead atoms. The lowest BCUT2D eigenvalue weighted by Gasteiger charge is -2.18. The van der Waals surface area contributed by atoms with Gasteiger partial charge in [-0.1, -0.05) is 5.21 Å². The zero-order chi connectivity index (χ0) is 13.4. The molecular weight excluding hydrogens is 222 g/mol. The zero-order valence-corrected chi connectivity index (χ0v) is 12.1. The molecule has 0 saturated carbocycles. The van der Waals surface area contributed by atoms with Crippen molar-refractivity contribution in [3.05, 3.63) is 45.3 Å². The van der Waals surface area contributed by atoms with Crippen LogP contribution in [0, 0.1) is 41.5 Å². The van der Waals surface area contributed by atoms with E-state index in [4.69, 9.17) is 0 Å². The molecule has 0 unspecified atom stereocenters. The molecule has 0 fully saturated rings. The van der Waals surface area contributed by atoms with Gasteiger partial charge in [0.15, 0.2) is 0 Å². The summed E-state index contributed by atoms with van der Waals surface area (Å²) in [6, 6.07) is 0. The molecule has 1 aromatic heterocycles. The summed E-state index contributed by atoms with van der Waals surface area (Å²) in [7, 11) is 0. The summed E-state index contributed by atoms with van der Waals surface area (Å²) in [6.07, 6.45) is 1.99. The van der Waals surface area contributed by atoms with Gasteiger partial charge in [-0.05, 0) is 74.9 Å². The lowest BCUT2D eigenvalue weighted by atomic mass is 9.89. The lowest BCUT2D eigenvalue weighted by Crippen LogP contribution is -2.08. The second-order valence-electron chi connectivity index (χ2n) is 5.16. The van der Waals surface area contributed by atoms with E-state index in [2.05, 4.69) is 44.9 Å². The van der Waals surface area contributed by atoms with Crippen molar-refractivity contribution in [2.75, 3.05) is 0 Å². The molecule has 0 aliphatic carbocycles. The standard InChI is InChI=1S/C15H21N3/c1-9-7-18(17-16-9)8-15-13(5)11(3)10(2)12(4)14(15)6/h7H,8H2,1-6H3. The van der Waals surface area contributed by atoms with Crippen molar-refractivity contribution in [1.82, 2.24) is 15.0 Å². The average molecular weight is 243 g/mol. The molecule has 0 atom stereocenters. The van der Waals surface area contributed by atoms with Gasteiger partial charge in [0.05, 0.1) is 12.2 Å². The highest BCUT2D eigenvalue weighted by molar-refractivity contribution is 5.49. The summed E-state index contributed by atoms with van der Waals surface area (Å²) in [6.45, 7) is 13.8. The second-order valence-corrected chi connectivity index (χ2v) is 5.16. The van der Waals surface area contributed by atoms with E-state index in [1.165, 1.54) is 33.4 Å². The minimum absolute atomic E-state index is 0.806. The third-order valence-electron chi connectivity index (χ3n) is 4.13. The number of rotatable bonds is 2. The summed E-state index contributed by atoms with van der Waals surface area (Å²) in [5, 5.41) is 8.19. The topological polar surface area (TPSA) is 30.7 Å². The van der Waals surface area contributed by atoms with Gasteiger partial charge < -0.3 is 0 Å². The molecule has 1 heterocycles. The molecule has 0 N–H and O–H groups in total. The minimum atomic E-state index is 0.806. The fourth-order valence-corrected chi connectivity index (χ4v) is 2.45. The third kappa shape index (κ3) is 2.05. The van der Waals surface area contributed by atoms with Crippen molar-refractivity contribution >= 4 is 0 Å². The predicted molar refractivity (Wildman–Crippen MR) is 74.0 cm³/mol. The first kappa shape index (κ1) is 12.8. The summed E-state index contributed by atoms with van der Waals surface area (Å²) >= 11 is 0. The molecule has 18 heavy (non-hydrogen) atoms. The number of aromatic nitrogens is 3. The van der Waals surface area contributed by atoms with E-state index < -0.39 is 0 Å². The molecule has 96 valence electrons. The number of hydrogen-bond acceptors (Lipinski definition) is 2. The van der Waals surface area contributed by atoms with Gasteiger partial charge in [-0.15, -0.1) is 5.10 Å². The molecule has 0 aliphatic heterocycles. The Morgan fingerprint density at radius 3 is 1.78 bits per heavy atom. The van der Waals surface area contributed by atoms with E-state index in [1.54, 1.807) is 0 Å². The van der Waals surface area contributed by atoms with E-state index in [0.717, 1.165) is 12.2 Å². The molecule has 2 aromatic rings. The van der Waals surface area contributed by atoms with Gasteiger partial charge in [0.1, 0.15) is 0 Å². The maximum atomic E-state index is 4.14. The Labute approximate surface area is 109 Å². The first-order valence-corrected chi connectivity index (χ1v) is 6.34. The van der Waals surface area contributed by atoms with Crippen molar-refractivity contribution in [3.63, 3.8) is 0 Å². The van der Waals surface area contributed by atoms with Gasteiger partial charge in [0.2, 0.25) is 0 Å². The van der Waals surface area contributed by atoms with Crippen molar-refractivity contribution in [3.8, 4) is 0 Å². The molecule has 1 aromatic carbocycles. The van der Waals surface area contributed by atoms with Crippen LogP contribution in [0.2, 0.25) is 0 Å². The SMILES string of the molecule is Cc1cn(Cc2c(C)c(C)c(C)c(C)c2C)nn1. The minimum Gasteiger partial charge on any atom is -0.248 e. The van der Waals surface area contributed by atoms with Crippen LogP contribution in [-0.4, -0.2) is 15.0 Å². The van der Waals surface area contributed by atoms with E-state index in [-0.39, 0.29) is 0 Å². The Bertz CT molecular complexity index is 565. The highest BCUT2D eigenvalue weighted by atomic mass is 15.4. The van der Waals surface area contributed by atoms with Crippen molar-refractivity contribution in [1.29, 1.82) is 0 Å². The number of aryl methyl sites for hydroxylation is 1. The maximum absolute atomic E-state index is 4.14. The maximum Gasteiger partial charge on any atom is 0.0796 e. The highest BCUT2D eigenvalue weighted by Gasteiger charge is 2.12. The Kier molecular flexibility index (Phi) is 3.24. The smallest absolute Gasteiger partial charge is 0.0796 e. The molecule has 0 radical (unpaired) electrons. The quantitative estimate of drug-likeness (QED) is 0.811. The summed E-state index contributed by atoms with van der Waals surface area (Å²) in [5.41, 5.74) is 9.29. The van der Waals surface area contributed by atoms with Crippen molar-refractivity contribution in [2.24, 2.45) is 0 Å². The van der Waals surface area contributed by atoms with Crippen LogP contribution < -0.4 is 0 Å². The molecular formula is C15H21N3. The predicted octanol–water partition coefficient (Wildman–Crippen LogP) is 3.18. The largest absolute Gasteiger partial charge is 0.248 e. The molecule has 0 amide bonds. The van der Waals surface area contributed by atoms with Gasteiger partial charge in [-0.3, -0.25) is 0 Å². The van der Waals surface area contributed by atoms with Crippen LogP contribution >= 0.6 is 0 Å². The highest BCUT2D eigenvalue weighted by Crippen LogP contribution is 2.26. The molecule has 2 rings (SSSR count). The van der Waals surface area contributed by atoms with E-state index in [0.29, 0.717) is 0 Å². The fraction of sp³-hybridized carbons (Fsp3) is 0.467. The van der Waals surface area contributed by atoms with E-state index in [1.807, 2.05) is 17.8 Å². The Morgan fingerprint density at radius 1 is 0.833 bits per heavy atom. The van der Waals surface area contributed by atoms with E-state index >= 15 is 0 Å². The monoisotopic (exact) mass is 243 g/mol. The van der Waals surface area contributed by atoms with Crippen LogP contribution in [0.4, 0.5) is 0 Å². The van der Waals surface area contributed by atoms with Crippen LogP contribution in [-0.2, 0) is 6.54 Å². The molecule has 0 saturated heterocycles. The fourth-order valence-electron chi connectivity index (χ4n) is 2.45. The molecule has 0 spiro atoms. The molecule has 0 aliphatic rings. The van der Waals surface area contributed by atoms with Crippen molar-refractivity contribution < 1.29 is 0 Å². The van der Waals surface area contributed by atoms with Crippen LogP contribution in [0.1, 0.15) is 39.1 Å².